The summed E-state index contributed by atoms with van der Waals surface area (Å²) in [6, 6.07) is 11.6. The van der Waals surface area contributed by atoms with Crippen molar-refractivity contribution in [3.8, 4) is 17.2 Å². The molecular weight excluding hydrogens is 442 g/mol. The Balaban J connectivity index is 1.72. The number of aromatic amines is 1. The number of benzene rings is 2. The Labute approximate surface area is 195 Å². The van der Waals surface area contributed by atoms with Gasteiger partial charge in [-0.15, -0.1) is 0 Å². The zero-order chi connectivity index (χ0) is 23.5. The van der Waals surface area contributed by atoms with Crippen molar-refractivity contribution in [2.45, 2.75) is 30.2 Å². The van der Waals surface area contributed by atoms with E-state index in [0.717, 1.165) is 5.56 Å². The third kappa shape index (κ3) is 4.68. The molecule has 4 rings (SSSR count). The van der Waals surface area contributed by atoms with Crippen LogP contribution in [0.2, 0.25) is 0 Å². The minimum atomic E-state index is -0.546. The number of rotatable bonds is 7. The van der Waals surface area contributed by atoms with E-state index in [2.05, 4.69) is 21.4 Å². The van der Waals surface area contributed by atoms with Crippen LogP contribution in [-0.4, -0.2) is 37.2 Å². The van der Waals surface area contributed by atoms with E-state index in [-0.39, 0.29) is 23.7 Å². The van der Waals surface area contributed by atoms with Crippen molar-refractivity contribution in [1.82, 2.24) is 9.97 Å². The number of carbonyl (C=O) groups excluding carboxylic acids is 1. The molecule has 2 aromatic carbocycles. The number of amides is 1. The Hall–Kier alpha value is -3.46. The highest BCUT2D eigenvalue weighted by Crippen LogP contribution is 2.43. The summed E-state index contributed by atoms with van der Waals surface area (Å²) in [7, 11) is 4.59. The lowest BCUT2D eigenvalue weighted by Crippen LogP contribution is -2.31. The first-order valence-electron chi connectivity index (χ1n) is 10.4. The van der Waals surface area contributed by atoms with Crippen molar-refractivity contribution < 1.29 is 19.0 Å². The van der Waals surface area contributed by atoms with Crippen LogP contribution >= 0.6 is 11.8 Å². The minimum absolute atomic E-state index is 0.0827. The first-order chi connectivity index (χ1) is 15.9. The molecule has 0 spiro atoms. The highest BCUT2D eigenvalue weighted by Gasteiger charge is 2.33. The van der Waals surface area contributed by atoms with Crippen LogP contribution in [0.4, 0.5) is 5.82 Å². The summed E-state index contributed by atoms with van der Waals surface area (Å²) < 4.78 is 16.3. The van der Waals surface area contributed by atoms with E-state index in [1.54, 1.807) is 12.1 Å². The SMILES string of the molecule is COc1cc(OC)c([C@@H]2CC(=O)Nc3nc(SCc4cccc(C)c4)[nH]c(=O)c32)cc1OC. The fourth-order valence-electron chi connectivity index (χ4n) is 3.96. The molecule has 8 nitrogen and oxygen atoms in total. The van der Waals surface area contributed by atoms with E-state index >= 15 is 0 Å². The van der Waals surface area contributed by atoms with Crippen molar-refractivity contribution >= 4 is 23.5 Å². The lowest BCUT2D eigenvalue weighted by molar-refractivity contribution is -0.116. The molecule has 0 unspecified atom stereocenters. The van der Waals surface area contributed by atoms with Crippen molar-refractivity contribution in [2.24, 2.45) is 0 Å². The van der Waals surface area contributed by atoms with Crippen molar-refractivity contribution in [3.63, 3.8) is 0 Å². The summed E-state index contributed by atoms with van der Waals surface area (Å²) in [4.78, 5) is 33.1. The molecule has 0 saturated carbocycles. The van der Waals surface area contributed by atoms with Crippen molar-refractivity contribution in [3.05, 3.63) is 69.0 Å². The molecule has 3 aromatic rings. The summed E-state index contributed by atoms with van der Waals surface area (Å²) >= 11 is 1.41. The number of fused-ring (bicyclic) bond motifs is 1. The van der Waals surface area contributed by atoms with Gasteiger partial charge in [-0.05, 0) is 18.6 Å². The van der Waals surface area contributed by atoms with Gasteiger partial charge in [0.15, 0.2) is 16.7 Å². The Bertz CT molecular complexity index is 1260. The normalized spacial score (nSPS) is 14.9. The molecule has 1 amide bonds. The van der Waals surface area contributed by atoms with Crippen LogP contribution in [-0.2, 0) is 10.5 Å². The van der Waals surface area contributed by atoms with Gasteiger partial charge in [-0.2, -0.15) is 0 Å². The van der Waals surface area contributed by atoms with Crippen LogP contribution in [0.1, 0.15) is 34.6 Å². The molecule has 9 heteroatoms. The fourth-order valence-corrected chi connectivity index (χ4v) is 4.77. The van der Waals surface area contributed by atoms with Gasteiger partial charge in [0.05, 0.1) is 26.9 Å². The Morgan fingerprint density at radius 1 is 1.03 bits per heavy atom. The molecule has 0 radical (unpaired) electrons. The number of carbonyl (C=O) groups is 1. The molecule has 2 heterocycles. The van der Waals surface area contributed by atoms with Gasteiger partial charge in [0.25, 0.3) is 5.56 Å². The summed E-state index contributed by atoms with van der Waals surface area (Å²) in [6.45, 7) is 2.03. The average Bonchev–Trinajstić information content (AvgIpc) is 2.81. The zero-order valence-electron chi connectivity index (χ0n) is 18.9. The first kappa shape index (κ1) is 22.7. The monoisotopic (exact) mass is 467 g/mol. The standard InChI is InChI=1S/C24H25N3O5S/c1-13-6-5-7-14(8-13)12-33-24-26-22-21(23(29)27-24)16(10-20(28)25-22)15-9-18(31-3)19(32-4)11-17(15)30-2/h5-9,11,16H,10,12H2,1-4H3,(H2,25,26,27,28,29)/t16-/m0/s1. The maximum absolute atomic E-state index is 13.2. The Morgan fingerprint density at radius 2 is 1.76 bits per heavy atom. The molecule has 1 aliphatic rings. The van der Waals surface area contributed by atoms with E-state index in [1.165, 1.54) is 38.7 Å². The zero-order valence-corrected chi connectivity index (χ0v) is 19.7. The molecule has 172 valence electrons. The number of nitrogens with one attached hydrogen (secondary N) is 2. The third-order valence-corrected chi connectivity index (χ3v) is 6.44. The van der Waals surface area contributed by atoms with E-state index in [9.17, 15) is 9.59 Å². The molecule has 0 fully saturated rings. The smallest absolute Gasteiger partial charge is 0.257 e. The second-order valence-corrected chi connectivity index (χ2v) is 8.63. The number of hydrogen-bond acceptors (Lipinski definition) is 7. The quantitative estimate of drug-likeness (QED) is 0.402. The molecule has 33 heavy (non-hydrogen) atoms. The van der Waals surface area contributed by atoms with E-state index in [4.69, 9.17) is 14.2 Å². The van der Waals surface area contributed by atoms with Crippen LogP contribution in [0.3, 0.4) is 0 Å². The molecule has 0 aliphatic carbocycles. The van der Waals surface area contributed by atoms with Crippen molar-refractivity contribution in [2.75, 3.05) is 26.6 Å². The maximum Gasteiger partial charge on any atom is 0.257 e. The van der Waals surface area contributed by atoms with Gasteiger partial charge in [0, 0.05) is 29.7 Å². The molecule has 0 bridgehead atoms. The summed E-state index contributed by atoms with van der Waals surface area (Å²) in [5.41, 5.74) is 3.03. The number of aromatic nitrogens is 2. The summed E-state index contributed by atoms with van der Waals surface area (Å²) in [5.74, 6) is 1.61. The minimum Gasteiger partial charge on any atom is -0.496 e. The van der Waals surface area contributed by atoms with Crippen LogP contribution in [0.25, 0.3) is 0 Å². The lowest BCUT2D eigenvalue weighted by Gasteiger charge is -2.26. The third-order valence-electron chi connectivity index (χ3n) is 5.50. The fraction of sp³-hybridized carbons (Fsp3) is 0.292. The van der Waals surface area contributed by atoms with Gasteiger partial charge in [0.2, 0.25) is 5.91 Å². The van der Waals surface area contributed by atoms with Gasteiger partial charge >= 0.3 is 0 Å². The van der Waals surface area contributed by atoms with Gasteiger partial charge in [-0.25, -0.2) is 4.98 Å². The number of nitrogens with zero attached hydrogens (tertiary/aromatic N) is 1. The van der Waals surface area contributed by atoms with Crippen molar-refractivity contribution in [1.29, 1.82) is 0 Å². The van der Waals surface area contributed by atoms with Gasteiger partial charge in [0.1, 0.15) is 11.6 Å². The second kappa shape index (κ2) is 9.58. The van der Waals surface area contributed by atoms with E-state index < -0.39 is 5.92 Å². The topological polar surface area (TPSA) is 103 Å². The van der Waals surface area contributed by atoms with Gasteiger partial charge < -0.3 is 24.5 Å². The van der Waals surface area contributed by atoms with Crippen LogP contribution < -0.4 is 25.1 Å². The Kier molecular flexibility index (Phi) is 6.60. The van der Waals surface area contributed by atoms with E-state index in [0.29, 0.717) is 39.3 Å². The number of ether oxygens (including phenoxy) is 3. The number of anilines is 1. The highest BCUT2D eigenvalue weighted by atomic mass is 32.2. The van der Waals surface area contributed by atoms with Gasteiger partial charge in [-0.1, -0.05) is 41.6 Å². The maximum atomic E-state index is 13.2. The molecular formula is C24H25N3O5S. The average molecular weight is 468 g/mol. The molecule has 1 aromatic heterocycles. The first-order valence-corrected chi connectivity index (χ1v) is 11.3. The number of methoxy groups -OCH3 is 3. The number of H-pyrrole nitrogens is 1. The number of hydrogen-bond donors (Lipinski definition) is 2. The molecule has 0 saturated heterocycles. The largest absolute Gasteiger partial charge is 0.496 e. The molecule has 2 N–H and O–H groups in total. The predicted octanol–water partition coefficient (Wildman–Crippen LogP) is 3.87. The molecule has 1 aliphatic heterocycles. The van der Waals surface area contributed by atoms with Crippen LogP contribution in [0, 0.1) is 6.92 Å². The summed E-state index contributed by atoms with van der Waals surface area (Å²) in [5, 5.41) is 3.20. The lowest BCUT2D eigenvalue weighted by atomic mass is 9.86. The number of aryl methyl sites for hydroxylation is 1. The second-order valence-electron chi connectivity index (χ2n) is 7.67. The highest BCUT2D eigenvalue weighted by molar-refractivity contribution is 7.98. The Morgan fingerprint density at radius 3 is 2.45 bits per heavy atom. The van der Waals surface area contributed by atoms with Crippen LogP contribution in [0.5, 0.6) is 17.2 Å². The van der Waals surface area contributed by atoms with E-state index in [1.807, 2.05) is 25.1 Å². The summed E-state index contributed by atoms with van der Waals surface area (Å²) in [6.07, 6.45) is 0.0827. The molecule has 1 atom stereocenters. The number of thioether (sulfide) groups is 1. The van der Waals surface area contributed by atoms with Crippen LogP contribution in [0.15, 0.2) is 46.3 Å². The van der Waals surface area contributed by atoms with Gasteiger partial charge in [-0.3, -0.25) is 9.59 Å². The predicted molar refractivity (Wildman–Crippen MR) is 127 cm³/mol.